The molecule has 0 amide bonds. The van der Waals surface area contributed by atoms with Gasteiger partial charge in [0.05, 0.1) is 0 Å². The molecular weight excluding hydrogens is 268 g/mol. The summed E-state index contributed by atoms with van der Waals surface area (Å²) < 4.78 is 6.36. The van der Waals surface area contributed by atoms with Crippen molar-refractivity contribution in [2.75, 3.05) is 13.2 Å². The molecule has 0 radical (unpaired) electrons. The molecule has 1 atom stereocenters. The fraction of sp³-hybridized carbons (Fsp3) is 0.462. The standard InChI is InChI=1S/C13H15BrO2/c14-13-4-2-1-3-11(13)12(9-15)10-5-7-16-8-6-10/h1-4,9-10,12H,5-8H2. The number of hydrogen-bond donors (Lipinski definition) is 0. The molecule has 16 heavy (non-hydrogen) atoms. The highest BCUT2D eigenvalue weighted by atomic mass is 79.9. The average Bonchev–Trinajstić information content (AvgIpc) is 2.34. The van der Waals surface area contributed by atoms with Gasteiger partial charge < -0.3 is 9.53 Å². The Morgan fingerprint density at radius 3 is 2.62 bits per heavy atom. The summed E-state index contributed by atoms with van der Waals surface area (Å²) in [6.45, 7) is 1.55. The number of ether oxygens (including phenoxy) is 1. The summed E-state index contributed by atoms with van der Waals surface area (Å²) in [7, 11) is 0. The van der Waals surface area contributed by atoms with Crippen LogP contribution in [0.2, 0.25) is 0 Å². The summed E-state index contributed by atoms with van der Waals surface area (Å²) in [5.74, 6) is 0.421. The number of carbonyl (C=O) groups is 1. The van der Waals surface area contributed by atoms with Gasteiger partial charge >= 0.3 is 0 Å². The molecule has 1 aromatic rings. The molecule has 2 nitrogen and oxygen atoms in total. The molecule has 0 spiro atoms. The van der Waals surface area contributed by atoms with Crippen molar-refractivity contribution in [2.45, 2.75) is 18.8 Å². The van der Waals surface area contributed by atoms with Crippen molar-refractivity contribution in [3.05, 3.63) is 34.3 Å². The molecule has 0 aliphatic carbocycles. The number of hydrogen-bond acceptors (Lipinski definition) is 2. The van der Waals surface area contributed by atoms with Crippen LogP contribution >= 0.6 is 15.9 Å². The Hall–Kier alpha value is -0.670. The molecule has 1 heterocycles. The molecule has 0 saturated carbocycles. The number of halogens is 1. The highest BCUT2D eigenvalue weighted by molar-refractivity contribution is 9.10. The Balaban J connectivity index is 2.21. The first-order chi connectivity index (χ1) is 7.83. The van der Waals surface area contributed by atoms with Crippen LogP contribution in [0.25, 0.3) is 0 Å². The van der Waals surface area contributed by atoms with Crippen LogP contribution < -0.4 is 0 Å². The van der Waals surface area contributed by atoms with Gasteiger partial charge in [0.25, 0.3) is 0 Å². The third-order valence-corrected chi connectivity index (χ3v) is 3.91. The number of carbonyl (C=O) groups excluding carboxylic acids is 1. The van der Waals surface area contributed by atoms with E-state index in [-0.39, 0.29) is 5.92 Å². The quantitative estimate of drug-likeness (QED) is 0.796. The molecule has 1 aliphatic heterocycles. The van der Waals surface area contributed by atoms with Crippen LogP contribution in [-0.4, -0.2) is 19.5 Å². The highest BCUT2D eigenvalue weighted by Crippen LogP contribution is 2.34. The van der Waals surface area contributed by atoms with Gasteiger partial charge in [0.1, 0.15) is 6.29 Å². The van der Waals surface area contributed by atoms with E-state index in [0.29, 0.717) is 5.92 Å². The maximum Gasteiger partial charge on any atom is 0.127 e. The van der Waals surface area contributed by atoms with E-state index >= 15 is 0 Å². The van der Waals surface area contributed by atoms with Gasteiger partial charge in [-0.1, -0.05) is 34.1 Å². The van der Waals surface area contributed by atoms with Crippen LogP contribution in [-0.2, 0) is 9.53 Å². The Bertz CT molecular complexity index is 359. The minimum atomic E-state index is -0.000486. The maximum absolute atomic E-state index is 11.3. The van der Waals surface area contributed by atoms with E-state index in [9.17, 15) is 4.79 Å². The summed E-state index contributed by atoms with van der Waals surface area (Å²) in [6.07, 6.45) is 3.03. The zero-order chi connectivity index (χ0) is 11.4. The molecule has 1 saturated heterocycles. The monoisotopic (exact) mass is 282 g/mol. The van der Waals surface area contributed by atoms with Gasteiger partial charge in [0, 0.05) is 23.6 Å². The molecule has 1 unspecified atom stereocenters. The van der Waals surface area contributed by atoms with Crippen molar-refractivity contribution in [1.29, 1.82) is 0 Å². The lowest BCUT2D eigenvalue weighted by Gasteiger charge is -2.27. The zero-order valence-corrected chi connectivity index (χ0v) is 10.7. The highest BCUT2D eigenvalue weighted by Gasteiger charge is 2.26. The predicted octanol–water partition coefficient (Wildman–Crippen LogP) is 3.16. The van der Waals surface area contributed by atoms with Crippen LogP contribution in [0.4, 0.5) is 0 Å². The molecule has 1 aliphatic rings. The van der Waals surface area contributed by atoms with Crippen molar-refractivity contribution >= 4 is 22.2 Å². The minimum Gasteiger partial charge on any atom is -0.381 e. The molecule has 0 N–H and O–H groups in total. The molecule has 2 rings (SSSR count). The lowest BCUT2D eigenvalue weighted by atomic mass is 9.82. The summed E-state index contributed by atoms with van der Waals surface area (Å²) in [5.41, 5.74) is 1.10. The van der Waals surface area contributed by atoms with E-state index in [2.05, 4.69) is 15.9 Å². The summed E-state index contributed by atoms with van der Waals surface area (Å²) in [5, 5.41) is 0. The van der Waals surface area contributed by atoms with E-state index in [1.165, 1.54) is 0 Å². The van der Waals surface area contributed by atoms with E-state index in [4.69, 9.17) is 4.74 Å². The molecule has 0 aromatic heterocycles. The third kappa shape index (κ3) is 2.53. The van der Waals surface area contributed by atoms with Crippen molar-refractivity contribution in [3.63, 3.8) is 0 Å². The summed E-state index contributed by atoms with van der Waals surface area (Å²) in [4.78, 5) is 11.3. The van der Waals surface area contributed by atoms with E-state index in [1.54, 1.807) is 0 Å². The van der Waals surface area contributed by atoms with Gasteiger partial charge in [0.2, 0.25) is 0 Å². The Labute approximate surface area is 104 Å². The van der Waals surface area contributed by atoms with Crippen molar-refractivity contribution < 1.29 is 9.53 Å². The largest absolute Gasteiger partial charge is 0.381 e. The van der Waals surface area contributed by atoms with Crippen molar-refractivity contribution in [3.8, 4) is 0 Å². The molecule has 86 valence electrons. The number of benzene rings is 1. The van der Waals surface area contributed by atoms with Crippen LogP contribution in [0.1, 0.15) is 24.3 Å². The topological polar surface area (TPSA) is 26.3 Å². The summed E-state index contributed by atoms with van der Waals surface area (Å²) >= 11 is 3.51. The fourth-order valence-electron chi connectivity index (χ4n) is 2.26. The van der Waals surface area contributed by atoms with Crippen LogP contribution in [0.15, 0.2) is 28.7 Å². The maximum atomic E-state index is 11.3. The smallest absolute Gasteiger partial charge is 0.127 e. The van der Waals surface area contributed by atoms with Gasteiger partial charge in [-0.05, 0) is 30.4 Å². The van der Waals surface area contributed by atoms with Gasteiger partial charge in [-0.2, -0.15) is 0 Å². The molecule has 0 bridgehead atoms. The van der Waals surface area contributed by atoms with Crippen LogP contribution in [0.3, 0.4) is 0 Å². The fourth-order valence-corrected chi connectivity index (χ4v) is 2.81. The Morgan fingerprint density at radius 2 is 2.00 bits per heavy atom. The van der Waals surface area contributed by atoms with Gasteiger partial charge in [-0.3, -0.25) is 0 Å². The minimum absolute atomic E-state index is 0.000486. The molecule has 1 fully saturated rings. The number of aldehydes is 1. The van der Waals surface area contributed by atoms with Crippen LogP contribution in [0.5, 0.6) is 0 Å². The lowest BCUT2D eigenvalue weighted by molar-refractivity contribution is -0.110. The predicted molar refractivity (Wildman–Crippen MR) is 66.5 cm³/mol. The number of rotatable bonds is 3. The van der Waals surface area contributed by atoms with E-state index in [0.717, 1.165) is 42.4 Å². The van der Waals surface area contributed by atoms with Crippen molar-refractivity contribution in [1.82, 2.24) is 0 Å². The molecular formula is C13H15BrO2. The molecule has 1 aromatic carbocycles. The first-order valence-electron chi connectivity index (χ1n) is 5.60. The summed E-state index contributed by atoms with van der Waals surface area (Å²) in [6, 6.07) is 7.97. The third-order valence-electron chi connectivity index (χ3n) is 3.18. The Kier molecular flexibility index (Phi) is 4.13. The molecule has 3 heteroatoms. The average molecular weight is 283 g/mol. The second kappa shape index (κ2) is 5.60. The van der Waals surface area contributed by atoms with Gasteiger partial charge in [-0.25, -0.2) is 0 Å². The van der Waals surface area contributed by atoms with E-state index in [1.807, 2.05) is 24.3 Å². The van der Waals surface area contributed by atoms with Gasteiger partial charge in [0.15, 0.2) is 0 Å². The Morgan fingerprint density at radius 1 is 1.31 bits per heavy atom. The van der Waals surface area contributed by atoms with Gasteiger partial charge in [-0.15, -0.1) is 0 Å². The lowest BCUT2D eigenvalue weighted by Crippen LogP contribution is -2.23. The normalized spacial score (nSPS) is 19.3. The van der Waals surface area contributed by atoms with Crippen LogP contribution in [0, 0.1) is 5.92 Å². The first kappa shape index (κ1) is 11.8. The second-order valence-electron chi connectivity index (χ2n) is 4.13. The first-order valence-corrected chi connectivity index (χ1v) is 6.39. The zero-order valence-electron chi connectivity index (χ0n) is 9.06. The van der Waals surface area contributed by atoms with Crippen molar-refractivity contribution in [2.24, 2.45) is 5.92 Å². The van der Waals surface area contributed by atoms with E-state index < -0.39 is 0 Å². The second-order valence-corrected chi connectivity index (χ2v) is 4.99. The SMILES string of the molecule is O=CC(c1ccccc1Br)C1CCOCC1.